The lowest BCUT2D eigenvalue weighted by Gasteiger charge is -2.35. The molecule has 106 valence electrons. The molecule has 1 aliphatic carbocycles. The third-order valence-electron chi connectivity index (χ3n) is 3.83. The maximum Gasteiger partial charge on any atom is 0.234 e. The highest BCUT2D eigenvalue weighted by Crippen LogP contribution is 2.31. The first-order chi connectivity index (χ1) is 8.45. The van der Waals surface area contributed by atoms with Crippen molar-refractivity contribution < 1.29 is 9.90 Å². The first-order valence-corrected chi connectivity index (χ1v) is 7.17. The summed E-state index contributed by atoms with van der Waals surface area (Å²) in [5, 5.41) is 16.4. The van der Waals surface area contributed by atoms with Crippen LogP contribution < -0.4 is 10.6 Å². The Hall–Kier alpha value is -0.610. The van der Waals surface area contributed by atoms with Crippen LogP contribution in [0.25, 0.3) is 0 Å². The third-order valence-corrected chi connectivity index (χ3v) is 3.83. The van der Waals surface area contributed by atoms with Gasteiger partial charge in [0.05, 0.1) is 12.1 Å². The predicted octanol–water partition coefficient (Wildman–Crippen LogP) is 1.43. The van der Waals surface area contributed by atoms with Crippen LogP contribution in [-0.4, -0.2) is 35.7 Å². The molecule has 4 heteroatoms. The van der Waals surface area contributed by atoms with Crippen molar-refractivity contribution in [3.8, 4) is 0 Å². The molecule has 0 bridgehead atoms. The van der Waals surface area contributed by atoms with Gasteiger partial charge in [-0.1, -0.05) is 26.7 Å². The zero-order valence-corrected chi connectivity index (χ0v) is 12.0. The largest absolute Gasteiger partial charge is 0.389 e. The standard InChI is InChI=1S/C14H28N2O2/c1-4-12(3)16-13(17)9-15-10-14(18)7-5-6-11(2)8-14/h11-12,15,18H,4-10H2,1-3H3,(H,16,17). The number of amides is 1. The summed E-state index contributed by atoms with van der Waals surface area (Å²) >= 11 is 0. The van der Waals surface area contributed by atoms with E-state index in [-0.39, 0.29) is 11.9 Å². The van der Waals surface area contributed by atoms with Crippen molar-refractivity contribution in [3.05, 3.63) is 0 Å². The van der Waals surface area contributed by atoms with Crippen LogP contribution in [-0.2, 0) is 4.79 Å². The molecule has 3 N–H and O–H groups in total. The summed E-state index contributed by atoms with van der Waals surface area (Å²) in [4.78, 5) is 11.6. The molecule has 4 nitrogen and oxygen atoms in total. The minimum atomic E-state index is -0.617. The normalized spacial score (nSPS) is 29.9. The van der Waals surface area contributed by atoms with E-state index in [1.54, 1.807) is 0 Å². The second-order valence-corrected chi connectivity index (χ2v) is 5.91. The zero-order chi connectivity index (χ0) is 13.6. The average Bonchev–Trinajstić information content (AvgIpc) is 2.28. The summed E-state index contributed by atoms with van der Waals surface area (Å²) in [5.74, 6) is 0.594. The van der Waals surface area contributed by atoms with E-state index in [4.69, 9.17) is 0 Å². The topological polar surface area (TPSA) is 61.4 Å². The van der Waals surface area contributed by atoms with E-state index in [1.165, 1.54) is 6.42 Å². The maximum atomic E-state index is 11.6. The van der Waals surface area contributed by atoms with E-state index in [9.17, 15) is 9.90 Å². The van der Waals surface area contributed by atoms with E-state index in [2.05, 4.69) is 17.6 Å². The third kappa shape index (κ3) is 5.36. The van der Waals surface area contributed by atoms with Gasteiger partial charge in [0.1, 0.15) is 0 Å². The Kier molecular flexibility index (Phi) is 6.09. The van der Waals surface area contributed by atoms with Crippen LogP contribution >= 0.6 is 0 Å². The van der Waals surface area contributed by atoms with Gasteiger partial charge in [-0.3, -0.25) is 4.79 Å². The minimum Gasteiger partial charge on any atom is -0.389 e. The lowest BCUT2D eigenvalue weighted by atomic mass is 9.79. The van der Waals surface area contributed by atoms with Crippen LogP contribution in [0.5, 0.6) is 0 Å². The molecule has 18 heavy (non-hydrogen) atoms. The Morgan fingerprint density at radius 1 is 1.56 bits per heavy atom. The molecule has 0 aromatic rings. The van der Waals surface area contributed by atoms with E-state index >= 15 is 0 Å². The SMILES string of the molecule is CCC(C)NC(=O)CNCC1(O)CCCC(C)C1. The van der Waals surface area contributed by atoms with Gasteiger partial charge in [-0.15, -0.1) is 0 Å². The highest BCUT2D eigenvalue weighted by molar-refractivity contribution is 5.78. The first kappa shape index (κ1) is 15.4. The van der Waals surface area contributed by atoms with Gasteiger partial charge in [-0.25, -0.2) is 0 Å². The molecule has 0 radical (unpaired) electrons. The lowest BCUT2D eigenvalue weighted by molar-refractivity contribution is -0.121. The average molecular weight is 256 g/mol. The lowest BCUT2D eigenvalue weighted by Crippen LogP contribution is -2.47. The molecule has 0 aromatic heterocycles. The summed E-state index contributed by atoms with van der Waals surface area (Å²) < 4.78 is 0. The van der Waals surface area contributed by atoms with Gasteiger partial charge in [0.2, 0.25) is 5.91 Å². The van der Waals surface area contributed by atoms with Gasteiger partial charge in [-0.2, -0.15) is 0 Å². The summed E-state index contributed by atoms with van der Waals surface area (Å²) in [7, 11) is 0. The van der Waals surface area contributed by atoms with Crippen molar-refractivity contribution in [2.75, 3.05) is 13.1 Å². The fourth-order valence-corrected chi connectivity index (χ4v) is 2.63. The molecule has 1 saturated carbocycles. The Bertz CT molecular complexity index is 271. The summed E-state index contributed by atoms with van der Waals surface area (Å²) in [5.41, 5.74) is -0.617. The second kappa shape index (κ2) is 7.10. The second-order valence-electron chi connectivity index (χ2n) is 5.91. The molecular formula is C14H28N2O2. The van der Waals surface area contributed by atoms with Crippen molar-refractivity contribution in [1.29, 1.82) is 0 Å². The number of nitrogens with one attached hydrogen (secondary N) is 2. The minimum absolute atomic E-state index is 0.0109. The molecule has 1 fully saturated rings. The number of aliphatic hydroxyl groups is 1. The maximum absolute atomic E-state index is 11.6. The smallest absolute Gasteiger partial charge is 0.234 e. The van der Waals surface area contributed by atoms with Gasteiger partial charge in [0.25, 0.3) is 0 Å². The summed E-state index contributed by atoms with van der Waals surface area (Å²) in [6.45, 7) is 7.03. The molecule has 3 atom stereocenters. The molecule has 0 aromatic carbocycles. The van der Waals surface area contributed by atoms with Crippen molar-refractivity contribution in [1.82, 2.24) is 10.6 Å². The van der Waals surface area contributed by atoms with Gasteiger partial charge < -0.3 is 15.7 Å². The van der Waals surface area contributed by atoms with Gasteiger partial charge in [0, 0.05) is 12.6 Å². The zero-order valence-electron chi connectivity index (χ0n) is 12.0. The molecule has 0 aliphatic heterocycles. The molecule has 0 heterocycles. The van der Waals surface area contributed by atoms with Crippen LogP contribution in [0, 0.1) is 5.92 Å². The van der Waals surface area contributed by atoms with Crippen molar-refractivity contribution in [3.63, 3.8) is 0 Å². The van der Waals surface area contributed by atoms with E-state index < -0.39 is 5.60 Å². The van der Waals surface area contributed by atoms with Crippen molar-refractivity contribution in [2.45, 2.75) is 64.5 Å². The summed E-state index contributed by atoms with van der Waals surface area (Å²) in [6, 6.07) is 0.220. The monoisotopic (exact) mass is 256 g/mol. The number of carbonyl (C=O) groups is 1. The van der Waals surface area contributed by atoms with Gasteiger partial charge in [-0.05, 0) is 32.1 Å². The molecular weight excluding hydrogens is 228 g/mol. The molecule has 1 amide bonds. The highest BCUT2D eigenvalue weighted by Gasteiger charge is 2.32. The van der Waals surface area contributed by atoms with Gasteiger partial charge in [0.15, 0.2) is 0 Å². The van der Waals surface area contributed by atoms with Crippen LogP contribution in [0.2, 0.25) is 0 Å². The Morgan fingerprint density at radius 3 is 2.89 bits per heavy atom. The quantitative estimate of drug-likeness (QED) is 0.674. The first-order valence-electron chi connectivity index (χ1n) is 7.17. The van der Waals surface area contributed by atoms with Crippen LogP contribution in [0.3, 0.4) is 0 Å². The number of rotatable bonds is 6. The number of carbonyl (C=O) groups excluding carboxylic acids is 1. The van der Waals surface area contributed by atoms with Crippen molar-refractivity contribution in [2.24, 2.45) is 5.92 Å². The van der Waals surface area contributed by atoms with Crippen LogP contribution in [0.15, 0.2) is 0 Å². The van der Waals surface area contributed by atoms with Crippen molar-refractivity contribution >= 4 is 5.91 Å². The highest BCUT2D eigenvalue weighted by atomic mass is 16.3. The molecule has 3 unspecified atom stereocenters. The number of hydrogen-bond donors (Lipinski definition) is 3. The fourth-order valence-electron chi connectivity index (χ4n) is 2.63. The van der Waals surface area contributed by atoms with Crippen LogP contribution in [0.4, 0.5) is 0 Å². The Morgan fingerprint density at radius 2 is 2.28 bits per heavy atom. The fraction of sp³-hybridized carbons (Fsp3) is 0.929. The van der Waals surface area contributed by atoms with Gasteiger partial charge >= 0.3 is 0 Å². The van der Waals surface area contributed by atoms with E-state index in [0.29, 0.717) is 19.0 Å². The molecule has 1 rings (SSSR count). The molecule has 1 aliphatic rings. The molecule has 0 spiro atoms. The van der Waals surface area contributed by atoms with E-state index in [1.807, 2.05) is 13.8 Å². The summed E-state index contributed by atoms with van der Waals surface area (Å²) in [6.07, 6.45) is 4.91. The van der Waals surface area contributed by atoms with E-state index in [0.717, 1.165) is 25.7 Å². The predicted molar refractivity (Wildman–Crippen MR) is 73.3 cm³/mol. The Balaban J connectivity index is 2.22. The molecule has 0 saturated heterocycles. The Labute approximate surface area is 111 Å². The number of hydrogen-bond acceptors (Lipinski definition) is 3. The van der Waals surface area contributed by atoms with Crippen LogP contribution in [0.1, 0.15) is 52.9 Å².